The van der Waals surface area contributed by atoms with E-state index in [0.717, 1.165) is 19.3 Å². The predicted octanol–water partition coefficient (Wildman–Crippen LogP) is 1.55. The molecule has 52 valence electrons. The van der Waals surface area contributed by atoms with Gasteiger partial charge in [0, 0.05) is 0 Å². The number of hydrogen-bond donors (Lipinski definition) is 1. The number of hydrogen-bond acceptors (Lipinski definition) is 1. The van der Waals surface area contributed by atoms with Crippen LogP contribution in [0.1, 0.15) is 19.3 Å². The zero-order valence-corrected chi connectivity index (χ0v) is 5.85. The molecule has 0 aromatic carbocycles. The lowest BCUT2D eigenvalue weighted by Crippen LogP contribution is -2.10. The van der Waals surface area contributed by atoms with Gasteiger partial charge in [-0.2, -0.15) is 0 Å². The highest BCUT2D eigenvalue weighted by atomic mass is 16.3. The summed E-state index contributed by atoms with van der Waals surface area (Å²) in [4.78, 5) is 0. The van der Waals surface area contributed by atoms with Gasteiger partial charge in [-0.15, -0.1) is 5.73 Å². The van der Waals surface area contributed by atoms with E-state index in [1.807, 2.05) is 6.08 Å². The highest BCUT2D eigenvalue weighted by Crippen LogP contribution is 2.37. The fourth-order valence-corrected chi connectivity index (χ4v) is 1.51. The largest absolute Gasteiger partial charge is 0.392 e. The Morgan fingerprint density at radius 2 is 2.40 bits per heavy atom. The Hall–Kier alpha value is -0.780. The molecule has 1 N–H and O–H groups in total. The molecule has 10 heavy (non-hydrogen) atoms. The molecule has 0 aromatic heterocycles. The van der Waals surface area contributed by atoms with E-state index in [1.54, 1.807) is 0 Å². The van der Waals surface area contributed by atoms with Crippen molar-refractivity contribution in [3.05, 3.63) is 28.5 Å². The first-order chi connectivity index (χ1) is 4.92. The van der Waals surface area contributed by atoms with Gasteiger partial charge in [-0.25, -0.2) is 0 Å². The zero-order chi connectivity index (χ0) is 6.97. The monoisotopic (exact) mass is 134 g/mol. The molecule has 2 rings (SSSR count). The Kier molecular flexibility index (Phi) is 1.26. The molecule has 0 saturated heterocycles. The smallest absolute Gasteiger partial charge is 0.0651 e. The van der Waals surface area contributed by atoms with E-state index in [4.69, 9.17) is 5.11 Å². The molecule has 0 bridgehead atoms. The van der Waals surface area contributed by atoms with Crippen molar-refractivity contribution in [3.63, 3.8) is 0 Å². The van der Waals surface area contributed by atoms with E-state index in [1.165, 1.54) is 16.7 Å². The minimum absolute atomic E-state index is 0.233. The molecule has 0 spiro atoms. The maximum absolute atomic E-state index is 8.89. The standard InChI is InChI=1S/C9H10O/c10-6-8-3-1-2-7-4-5-9(7)8/h1,10H,3-6H2. The van der Waals surface area contributed by atoms with E-state index in [0.29, 0.717) is 0 Å². The van der Waals surface area contributed by atoms with Crippen LogP contribution in [-0.2, 0) is 0 Å². The molecule has 0 aliphatic heterocycles. The Morgan fingerprint density at radius 3 is 2.90 bits per heavy atom. The van der Waals surface area contributed by atoms with Crippen molar-refractivity contribution in [2.45, 2.75) is 19.3 Å². The minimum atomic E-state index is 0.233. The van der Waals surface area contributed by atoms with Crippen molar-refractivity contribution in [1.82, 2.24) is 0 Å². The Balaban J connectivity index is 2.39. The van der Waals surface area contributed by atoms with Crippen LogP contribution < -0.4 is 0 Å². The molecule has 1 saturated carbocycles. The maximum Gasteiger partial charge on any atom is 0.0651 e. The van der Waals surface area contributed by atoms with Crippen LogP contribution in [0.15, 0.2) is 28.5 Å². The SMILES string of the molecule is OCC1=C2CCC2=C=CC1. The molecule has 1 fully saturated rings. The summed E-state index contributed by atoms with van der Waals surface area (Å²) in [6, 6.07) is 0. The van der Waals surface area contributed by atoms with E-state index in [2.05, 4.69) is 5.73 Å². The molecule has 0 heterocycles. The summed E-state index contributed by atoms with van der Waals surface area (Å²) in [5, 5.41) is 8.89. The van der Waals surface area contributed by atoms with Crippen LogP contribution in [0.2, 0.25) is 0 Å². The van der Waals surface area contributed by atoms with Crippen LogP contribution in [0.4, 0.5) is 0 Å². The van der Waals surface area contributed by atoms with Gasteiger partial charge in [0.2, 0.25) is 0 Å². The number of rotatable bonds is 1. The highest BCUT2D eigenvalue weighted by Gasteiger charge is 2.21. The summed E-state index contributed by atoms with van der Waals surface area (Å²) < 4.78 is 0. The van der Waals surface area contributed by atoms with Crippen LogP contribution in [0.25, 0.3) is 0 Å². The second-order valence-corrected chi connectivity index (χ2v) is 2.77. The van der Waals surface area contributed by atoms with Gasteiger partial charge in [0.1, 0.15) is 0 Å². The summed E-state index contributed by atoms with van der Waals surface area (Å²) in [6.07, 6.45) is 5.25. The second-order valence-electron chi connectivity index (χ2n) is 2.77. The Bertz CT molecular complexity index is 252. The predicted molar refractivity (Wildman–Crippen MR) is 39.6 cm³/mol. The van der Waals surface area contributed by atoms with Crippen LogP contribution in [0.3, 0.4) is 0 Å². The second kappa shape index (κ2) is 2.12. The third kappa shape index (κ3) is 0.683. The van der Waals surface area contributed by atoms with Crippen LogP contribution >= 0.6 is 0 Å². The van der Waals surface area contributed by atoms with E-state index >= 15 is 0 Å². The first kappa shape index (κ1) is 5.96. The van der Waals surface area contributed by atoms with Crippen molar-refractivity contribution >= 4 is 0 Å². The van der Waals surface area contributed by atoms with Crippen molar-refractivity contribution in [2.75, 3.05) is 6.61 Å². The molecule has 2 aliphatic rings. The number of fused-ring (bicyclic) bond motifs is 1. The Morgan fingerprint density at radius 1 is 1.50 bits per heavy atom. The number of aliphatic hydroxyl groups is 1. The normalized spacial score (nSPS) is 21.9. The summed E-state index contributed by atoms with van der Waals surface area (Å²) >= 11 is 0. The van der Waals surface area contributed by atoms with Crippen LogP contribution in [0, 0.1) is 0 Å². The van der Waals surface area contributed by atoms with E-state index in [9.17, 15) is 0 Å². The van der Waals surface area contributed by atoms with Gasteiger partial charge in [0.25, 0.3) is 0 Å². The fraction of sp³-hybridized carbons (Fsp3) is 0.444. The number of aliphatic hydroxyl groups excluding tert-OH is 1. The molecule has 1 heteroatoms. The van der Waals surface area contributed by atoms with Gasteiger partial charge < -0.3 is 5.11 Å². The van der Waals surface area contributed by atoms with Crippen molar-refractivity contribution < 1.29 is 5.11 Å². The van der Waals surface area contributed by atoms with Gasteiger partial charge in [0.15, 0.2) is 0 Å². The highest BCUT2D eigenvalue weighted by molar-refractivity contribution is 5.46. The zero-order valence-electron chi connectivity index (χ0n) is 5.85. The molecule has 1 nitrogen and oxygen atoms in total. The molecule has 0 atom stereocenters. The lowest BCUT2D eigenvalue weighted by molar-refractivity contribution is 0.326. The van der Waals surface area contributed by atoms with Gasteiger partial charge >= 0.3 is 0 Å². The lowest BCUT2D eigenvalue weighted by Gasteiger charge is -2.25. The molecule has 0 unspecified atom stereocenters. The fourth-order valence-electron chi connectivity index (χ4n) is 1.51. The summed E-state index contributed by atoms with van der Waals surface area (Å²) in [6.45, 7) is 0.233. The molecule has 0 amide bonds. The van der Waals surface area contributed by atoms with Gasteiger partial charge in [-0.1, -0.05) is 0 Å². The molecule has 2 aliphatic carbocycles. The topological polar surface area (TPSA) is 20.2 Å². The molecular formula is C9H10O. The summed E-state index contributed by atoms with van der Waals surface area (Å²) in [7, 11) is 0. The van der Waals surface area contributed by atoms with Crippen LogP contribution in [-0.4, -0.2) is 11.7 Å². The van der Waals surface area contributed by atoms with E-state index < -0.39 is 0 Å². The molecule has 0 aromatic rings. The third-order valence-corrected chi connectivity index (χ3v) is 2.23. The van der Waals surface area contributed by atoms with Gasteiger partial charge in [-0.05, 0) is 42.1 Å². The molecular weight excluding hydrogens is 124 g/mol. The quantitative estimate of drug-likeness (QED) is 0.539. The van der Waals surface area contributed by atoms with Crippen LogP contribution in [0.5, 0.6) is 0 Å². The first-order valence-electron chi connectivity index (χ1n) is 3.68. The van der Waals surface area contributed by atoms with Gasteiger partial charge in [-0.3, -0.25) is 0 Å². The average Bonchev–Trinajstić information content (AvgIpc) is 1.91. The maximum atomic E-state index is 8.89. The molecule has 0 radical (unpaired) electrons. The number of allylic oxidation sites excluding steroid dienone is 2. The summed E-state index contributed by atoms with van der Waals surface area (Å²) in [5.41, 5.74) is 7.12. The summed E-state index contributed by atoms with van der Waals surface area (Å²) in [5.74, 6) is 0. The average molecular weight is 134 g/mol. The first-order valence-corrected chi connectivity index (χ1v) is 3.68. The third-order valence-electron chi connectivity index (χ3n) is 2.23. The van der Waals surface area contributed by atoms with Gasteiger partial charge in [0.05, 0.1) is 6.61 Å². The van der Waals surface area contributed by atoms with Crippen molar-refractivity contribution in [1.29, 1.82) is 0 Å². The van der Waals surface area contributed by atoms with Crippen molar-refractivity contribution in [3.8, 4) is 0 Å². The van der Waals surface area contributed by atoms with E-state index in [-0.39, 0.29) is 6.61 Å². The lowest BCUT2D eigenvalue weighted by atomic mass is 9.80. The minimum Gasteiger partial charge on any atom is -0.392 e. The Labute approximate surface area is 60.4 Å². The van der Waals surface area contributed by atoms with Crippen molar-refractivity contribution in [2.24, 2.45) is 0 Å².